The third kappa shape index (κ3) is 6.45. The SMILES string of the molecule is COc1cc(NC(=O)/C(C#N)=C/c2ccc(OCc3cccc(Cl)c3)c(Br)c2)c(OC)cc1Cl. The molecule has 0 spiro atoms. The molecule has 0 unspecified atom stereocenters. The molecule has 3 aromatic rings. The van der Waals surface area contributed by atoms with Gasteiger partial charge in [-0.05, 0) is 57.4 Å². The fourth-order valence-electron chi connectivity index (χ4n) is 2.97. The summed E-state index contributed by atoms with van der Waals surface area (Å²) >= 11 is 15.6. The molecule has 0 radical (unpaired) electrons. The van der Waals surface area contributed by atoms with E-state index in [9.17, 15) is 10.1 Å². The van der Waals surface area contributed by atoms with Gasteiger partial charge < -0.3 is 19.5 Å². The Hall–Kier alpha value is -3.18. The van der Waals surface area contributed by atoms with Crippen LogP contribution in [0.5, 0.6) is 17.2 Å². The van der Waals surface area contributed by atoms with Gasteiger partial charge >= 0.3 is 0 Å². The molecular weight excluding hydrogens is 543 g/mol. The first-order chi connectivity index (χ1) is 16.3. The summed E-state index contributed by atoms with van der Waals surface area (Å²) in [7, 11) is 2.91. The number of nitrogens with zero attached hydrogens (tertiary/aromatic N) is 1. The lowest BCUT2D eigenvalue weighted by atomic mass is 10.1. The van der Waals surface area contributed by atoms with Gasteiger partial charge in [0, 0.05) is 17.2 Å². The Bertz CT molecular complexity index is 1290. The van der Waals surface area contributed by atoms with Crippen molar-refractivity contribution >= 4 is 56.8 Å². The van der Waals surface area contributed by atoms with E-state index in [0.29, 0.717) is 49.6 Å². The summed E-state index contributed by atoms with van der Waals surface area (Å²) in [5, 5.41) is 13.2. The Morgan fingerprint density at radius 3 is 2.47 bits per heavy atom. The summed E-state index contributed by atoms with van der Waals surface area (Å²) in [5.41, 5.74) is 1.78. The van der Waals surface area contributed by atoms with Crippen LogP contribution in [0.4, 0.5) is 5.69 Å². The average molecular weight is 562 g/mol. The number of hydrogen-bond acceptors (Lipinski definition) is 5. The van der Waals surface area contributed by atoms with Crippen molar-refractivity contribution in [2.45, 2.75) is 6.61 Å². The first-order valence-corrected chi connectivity index (χ1v) is 11.4. The highest BCUT2D eigenvalue weighted by Gasteiger charge is 2.16. The summed E-state index contributed by atoms with van der Waals surface area (Å²) in [6.07, 6.45) is 1.47. The largest absolute Gasteiger partial charge is 0.495 e. The number of benzene rings is 3. The van der Waals surface area contributed by atoms with Crippen LogP contribution in [-0.4, -0.2) is 20.1 Å². The molecule has 0 heterocycles. The first-order valence-electron chi connectivity index (χ1n) is 9.86. The van der Waals surface area contributed by atoms with Crippen LogP contribution < -0.4 is 19.5 Å². The molecule has 0 fully saturated rings. The molecule has 0 bridgehead atoms. The summed E-state index contributed by atoms with van der Waals surface area (Å²) in [4.78, 5) is 12.8. The highest BCUT2D eigenvalue weighted by atomic mass is 79.9. The predicted octanol–water partition coefficient (Wildman–Crippen LogP) is 6.90. The highest BCUT2D eigenvalue weighted by Crippen LogP contribution is 2.36. The number of halogens is 3. The molecule has 1 N–H and O–H groups in total. The van der Waals surface area contributed by atoms with E-state index in [0.717, 1.165) is 5.56 Å². The molecule has 3 rings (SSSR count). The lowest BCUT2D eigenvalue weighted by Gasteiger charge is -2.13. The zero-order chi connectivity index (χ0) is 24.7. The molecule has 0 aromatic heterocycles. The quantitative estimate of drug-likeness (QED) is 0.239. The highest BCUT2D eigenvalue weighted by molar-refractivity contribution is 9.10. The van der Waals surface area contributed by atoms with E-state index in [4.69, 9.17) is 37.4 Å². The molecule has 0 saturated heterocycles. The van der Waals surface area contributed by atoms with Gasteiger partial charge in [-0.2, -0.15) is 5.26 Å². The minimum atomic E-state index is -0.609. The third-order valence-corrected chi connectivity index (χ3v) is 5.79. The third-order valence-electron chi connectivity index (χ3n) is 4.64. The molecule has 0 aliphatic carbocycles. The maximum Gasteiger partial charge on any atom is 0.266 e. The second-order valence-corrected chi connectivity index (χ2v) is 8.62. The van der Waals surface area contributed by atoms with Crippen molar-refractivity contribution in [2.75, 3.05) is 19.5 Å². The fourth-order valence-corrected chi connectivity index (χ4v) is 3.93. The number of methoxy groups -OCH3 is 2. The van der Waals surface area contributed by atoms with Gasteiger partial charge in [-0.15, -0.1) is 0 Å². The van der Waals surface area contributed by atoms with Crippen LogP contribution >= 0.6 is 39.1 Å². The minimum absolute atomic E-state index is 0.101. The Morgan fingerprint density at radius 2 is 1.82 bits per heavy atom. The van der Waals surface area contributed by atoms with Gasteiger partial charge in [0.05, 0.1) is 29.4 Å². The smallest absolute Gasteiger partial charge is 0.266 e. The van der Waals surface area contributed by atoms with Crippen LogP contribution in [0.3, 0.4) is 0 Å². The van der Waals surface area contributed by atoms with E-state index in [1.54, 1.807) is 24.3 Å². The number of carbonyl (C=O) groups excluding carboxylic acids is 1. The number of hydrogen-bond donors (Lipinski definition) is 1. The lowest BCUT2D eigenvalue weighted by Crippen LogP contribution is -2.14. The number of anilines is 1. The van der Waals surface area contributed by atoms with E-state index < -0.39 is 5.91 Å². The molecule has 3 aromatic carbocycles. The van der Waals surface area contributed by atoms with Crippen molar-refractivity contribution in [3.63, 3.8) is 0 Å². The maximum atomic E-state index is 12.8. The Labute approximate surface area is 215 Å². The van der Waals surface area contributed by atoms with Crippen LogP contribution in [-0.2, 0) is 11.4 Å². The van der Waals surface area contributed by atoms with Crippen molar-refractivity contribution in [3.05, 3.63) is 85.8 Å². The van der Waals surface area contributed by atoms with Crippen molar-refractivity contribution in [2.24, 2.45) is 0 Å². The Balaban J connectivity index is 1.76. The van der Waals surface area contributed by atoms with Crippen LogP contribution in [0, 0.1) is 11.3 Å². The topological polar surface area (TPSA) is 80.6 Å². The van der Waals surface area contributed by atoms with Crippen LogP contribution in [0.2, 0.25) is 10.0 Å². The van der Waals surface area contributed by atoms with Gasteiger partial charge in [-0.3, -0.25) is 4.79 Å². The number of amides is 1. The van der Waals surface area contributed by atoms with Gasteiger partial charge in [0.25, 0.3) is 5.91 Å². The molecule has 6 nitrogen and oxygen atoms in total. The fraction of sp³-hybridized carbons (Fsp3) is 0.120. The Morgan fingerprint density at radius 1 is 1.06 bits per heavy atom. The first kappa shape index (κ1) is 25.4. The summed E-state index contributed by atoms with van der Waals surface area (Å²) in [6.45, 7) is 0.340. The van der Waals surface area contributed by atoms with E-state index in [1.165, 1.54) is 32.4 Å². The summed E-state index contributed by atoms with van der Waals surface area (Å²) in [5.74, 6) is 0.693. The molecule has 1 amide bonds. The molecule has 0 aliphatic rings. The van der Waals surface area contributed by atoms with Crippen molar-refractivity contribution in [1.82, 2.24) is 0 Å². The van der Waals surface area contributed by atoms with Crippen molar-refractivity contribution < 1.29 is 19.0 Å². The van der Waals surface area contributed by atoms with Crippen molar-refractivity contribution in [3.8, 4) is 23.3 Å². The van der Waals surface area contributed by atoms with Gasteiger partial charge in [0.1, 0.15) is 35.5 Å². The number of nitrogens with one attached hydrogen (secondary N) is 1. The molecule has 0 saturated carbocycles. The maximum absolute atomic E-state index is 12.8. The van der Waals surface area contributed by atoms with Crippen molar-refractivity contribution in [1.29, 1.82) is 5.26 Å². The van der Waals surface area contributed by atoms with Gasteiger partial charge in [-0.1, -0.05) is 41.4 Å². The number of rotatable bonds is 8. The molecular formula is C25H19BrCl2N2O4. The number of ether oxygens (including phenoxy) is 3. The number of carbonyl (C=O) groups is 1. The van der Waals surface area contributed by atoms with Gasteiger partial charge in [0.2, 0.25) is 0 Å². The summed E-state index contributed by atoms with van der Waals surface area (Å²) in [6, 6.07) is 17.6. The van der Waals surface area contributed by atoms with Gasteiger partial charge in [-0.25, -0.2) is 0 Å². The van der Waals surface area contributed by atoms with E-state index in [1.807, 2.05) is 24.3 Å². The number of nitriles is 1. The van der Waals surface area contributed by atoms with E-state index >= 15 is 0 Å². The molecule has 9 heteroatoms. The molecule has 0 atom stereocenters. The average Bonchev–Trinajstić information content (AvgIpc) is 2.82. The predicted molar refractivity (Wildman–Crippen MR) is 137 cm³/mol. The molecule has 0 aliphatic heterocycles. The normalized spacial score (nSPS) is 10.9. The van der Waals surface area contributed by atoms with Crippen LogP contribution in [0.15, 0.2) is 64.6 Å². The van der Waals surface area contributed by atoms with Crippen LogP contribution in [0.25, 0.3) is 6.08 Å². The van der Waals surface area contributed by atoms with Gasteiger partial charge in [0.15, 0.2) is 0 Å². The summed E-state index contributed by atoms with van der Waals surface area (Å²) < 4.78 is 17.0. The molecule has 174 valence electrons. The Kier molecular flexibility index (Phi) is 8.83. The second kappa shape index (κ2) is 11.8. The minimum Gasteiger partial charge on any atom is -0.495 e. The zero-order valence-electron chi connectivity index (χ0n) is 18.2. The van der Waals surface area contributed by atoms with Crippen LogP contribution in [0.1, 0.15) is 11.1 Å². The van der Waals surface area contributed by atoms with E-state index in [-0.39, 0.29) is 5.57 Å². The standard InChI is InChI=1S/C25H19BrCl2N2O4/c1-32-23-12-21(24(33-2)11-20(23)28)30-25(31)17(13-29)8-15-6-7-22(19(26)10-15)34-14-16-4-3-5-18(27)9-16/h3-12H,14H2,1-2H3,(H,30,31)/b17-8+. The zero-order valence-corrected chi connectivity index (χ0v) is 21.3. The van der Waals surface area contributed by atoms with E-state index in [2.05, 4.69) is 21.2 Å². The monoisotopic (exact) mass is 560 g/mol. The second-order valence-electron chi connectivity index (χ2n) is 6.92. The lowest BCUT2D eigenvalue weighted by molar-refractivity contribution is -0.112. The molecule has 34 heavy (non-hydrogen) atoms.